The molecule has 3 nitrogen and oxygen atoms in total. The molecule has 3 heterocycles. The first kappa shape index (κ1) is 22.6. The van der Waals surface area contributed by atoms with E-state index in [-0.39, 0.29) is 5.41 Å². The Morgan fingerprint density at radius 1 is 0.537 bits per heavy atom. The Hall–Kier alpha value is -5.15. The van der Waals surface area contributed by atoms with Crippen molar-refractivity contribution in [3.63, 3.8) is 0 Å². The maximum Gasteiger partial charge on any atom is 0.0630 e. The summed E-state index contributed by atoms with van der Waals surface area (Å²) in [5.74, 6) is 0. The van der Waals surface area contributed by atoms with E-state index in [1.54, 1.807) is 0 Å². The lowest BCUT2D eigenvalue weighted by atomic mass is 9.81. The third-order valence-electron chi connectivity index (χ3n) is 9.15. The van der Waals surface area contributed by atoms with Gasteiger partial charge in [-0.05, 0) is 53.1 Å². The molecule has 0 saturated heterocycles. The first-order valence-corrected chi connectivity index (χ1v) is 14.2. The second kappa shape index (κ2) is 7.96. The van der Waals surface area contributed by atoms with Crippen LogP contribution in [0, 0.1) is 0 Å². The number of aromatic nitrogens is 3. The summed E-state index contributed by atoms with van der Waals surface area (Å²) in [6.07, 6.45) is 3.80. The highest BCUT2D eigenvalue weighted by atomic mass is 15.0. The van der Waals surface area contributed by atoms with Crippen molar-refractivity contribution in [3.05, 3.63) is 139 Å². The highest BCUT2D eigenvalue weighted by molar-refractivity contribution is 6.33. The van der Waals surface area contributed by atoms with Gasteiger partial charge in [0.25, 0.3) is 0 Å². The van der Waals surface area contributed by atoms with Crippen LogP contribution in [-0.2, 0) is 5.41 Å². The molecule has 3 heteroatoms. The number of benzene rings is 5. The highest BCUT2D eigenvalue weighted by Gasteiger charge is 2.41. The minimum absolute atomic E-state index is 0.199. The zero-order valence-electron chi connectivity index (χ0n) is 23.0. The summed E-state index contributed by atoms with van der Waals surface area (Å²) in [6.45, 7) is 4.79. The van der Waals surface area contributed by atoms with E-state index in [0.29, 0.717) is 0 Å². The van der Waals surface area contributed by atoms with Gasteiger partial charge >= 0.3 is 0 Å². The van der Waals surface area contributed by atoms with Crippen molar-refractivity contribution in [3.8, 4) is 22.5 Å². The maximum absolute atomic E-state index is 4.36. The molecular formula is C38H27N3. The van der Waals surface area contributed by atoms with Gasteiger partial charge in [-0.1, -0.05) is 92.7 Å². The summed E-state index contributed by atoms with van der Waals surface area (Å²) in [7, 11) is 0. The van der Waals surface area contributed by atoms with Crippen molar-refractivity contribution in [2.75, 3.05) is 0 Å². The van der Waals surface area contributed by atoms with Crippen LogP contribution < -0.4 is 0 Å². The van der Waals surface area contributed by atoms with Crippen LogP contribution in [0.15, 0.2) is 128 Å². The zero-order chi connectivity index (χ0) is 27.3. The third kappa shape index (κ3) is 2.80. The largest absolute Gasteiger partial charge is 0.309 e. The fourth-order valence-corrected chi connectivity index (χ4v) is 7.55. The first-order valence-electron chi connectivity index (χ1n) is 14.2. The summed E-state index contributed by atoms with van der Waals surface area (Å²) in [5, 5.41) is 5.18. The number of rotatable bonds is 2. The van der Waals surface area contributed by atoms with Gasteiger partial charge < -0.3 is 9.13 Å². The molecule has 0 bridgehead atoms. The summed E-state index contributed by atoms with van der Waals surface area (Å²) in [6, 6.07) is 41.9. The highest BCUT2D eigenvalue weighted by Crippen LogP contribution is 2.57. The fraction of sp³-hybridized carbons (Fsp3) is 0.0789. The molecule has 0 unspecified atom stereocenters. The quantitative estimate of drug-likeness (QED) is 0.220. The summed E-state index contributed by atoms with van der Waals surface area (Å²) in [4.78, 5) is 4.36. The van der Waals surface area contributed by atoms with Crippen LogP contribution in [0.3, 0.4) is 0 Å². The van der Waals surface area contributed by atoms with Crippen molar-refractivity contribution < 1.29 is 0 Å². The summed E-state index contributed by atoms with van der Waals surface area (Å²) < 4.78 is 4.98. The van der Waals surface area contributed by atoms with Crippen LogP contribution in [0.5, 0.6) is 0 Å². The van der Waals surface area contributed by atoms with Crippen LogP contribution in [-0.4, -0.2) is 14.1 Å². The molecule has 0 radical (unpaired) electrons. The van der Waals surface area contributed by atoms with Gasteiger partial charge in [0.1, 0.15) is 0 Å². The zero-order valence-corrected chi connectivity index (χ0v) is 23.0. The Morgan fingerprint density at radius 3 is 1.78 bits per heavy atom. The van der Waals surface area contributed by atoms with Crippen molar-refractivity contribution in [2.24, 2.45) is 0 Å². The maximum atomic E-state index is 4.36. The van der Waals surface area contributed by atoms with E-state index in [2.05, 4.69) is 143 Å². The molecule has 194 valence electrons. The molecule has 0 atom stereocenters. The number of hydrogen-bond acceptors (Lipinski definition) is 1. The molecule has 8 aromatic rings. The standard InChI is InChI=1S/C38H27N3/c1-38(2)29-17-9-6-14-26(29)34-35(38)37-33(28-16-8-11-19-31(28)41(37)25-20-22-39-23-21-25)32-27-15-7-10-18-30(27)40(36(32)34)24-12-4-3-5-13-24/h3-23H,1-2H3. The molecule has 1 aliphatic carbocycles. The van der Waals surface area contributed by atoms with E-state index < -0.39 is 0 Å². The van der Waals surface area contributed by atoms with Gasteiger partial charge in [0, 0.05) is 56.3 Å². The molecule has 41 heavy (non-hydrogen) atoms. The molecule has 5 aromatic carbocycles. The number of nitrogens with zero attached hydrogens (tertiary/aromatic N) is 3. The SMILES string of the molecule is CC1(C)c2ccccc2-c2c1c1c(c3ccccc3n1-c1ccncc1)c1c3ccccc3n(-c3ccccc3)c21. The van der Waals surface area contributed by atoms with Crippen molar-refractivity contribution in [1.82, 2.24) is 14.1 Å². The number of fused-ring (bicyclic) bond motifs is 12. The van der Waals surface area contributed by atoms with Gasteiger partial charge in [-0.2, -0.15) is 0 Å². The minimum Gasteiger partial charge on any atom is -0.309 e. The Kier molecular flexibility index (Phi) is 4.39. The predicted octanol–water partition coefficient (Wildman–Crippen LogP) is 9.58. The van der Waals surface area contributed by atoms with E-state index in [1.165, 1.54) is 71.6 Å². The van der Waals surface area contributed by atoms with Crippen LogP contribution >= 0.6 is 0 Å². The van der Waals surface area contributed by atoms with Crippen LogP contribution in [0.4, 0.5) is 0 Å². The van der Waals surface area contributed by atoms with Crippen molar-refractivity contribution in [1.29, 1.82) is 0 Å². The molecule has 0 fully saturated rings. The lowest BCUT2D eigenvalue weighted by Crippen LogP contribution is -2.16. The Bertz CT molecular complexity index is 2320. The Labute approximate surface area is 237 Å². The second-order valence-electron chi connectivity index (χ2n) is 11.6. The molecule has 0 amide bonds. The van der Waals surface area contributed by atoms with Crippen molar-refractivity contribution in [2.45, 2.75) is 19.3 Å². The van der Waals surface area contributed by atoms with Crippen LogP contribution in [0.2, 0.25) is 0 Å². The van der Waals surface area contributed by atoms with Gasteiger partial charge in [-0.25, -0.2) is 0 Å². The second-order valence-corrected chi connectivity index (χ2v) is 11.6. The number of para-hydroxylation sites is 3. The average molecular weight is 526 g/mol. The van der Waals surface area contributed by atoms with Gasteiger partial charge in [0.2, 0.25) is 0 Å². The molecule has 1 aliphatic rings. The molecule has 9 rings (SSSR count). The predicted molar refractivity (Wildman–Crippen MR) is 170 cm³/mol. The third-order valence-corrected chi connectivity index (χ3v) is 9.15. The fourth-order valence-electron chi connectivity index (χ4n) is 7.55. The van der Waals surface area contributed by atoms with E-state index >= 15 is 0 Å². The van der Waals surface area contributed by atoms with Crippen LogP contribution in [0.25, 0.3) is 66.1 Å². The van der Waals surface area contributed by atoms with Gasteiger partial charge in [0.15, 0.2) is 0 Å². The lowest BCUT2D eigenvalue weighted by molar-refractivity contribution is 0.664. The first-order chi connectivity index (χ1) is 20.2. The summed E-state index contributed by atoms with van der Waals surface area (Å²) in [5.41, 5.74) is 12.6. The number of hydrogen-bond donors (Lipinski definition) is 0. The molecule has 0 N–H and O–H groups in total. The van der Waals surface area contributed by atoms with E-state index in [4.69, 9.17) is 0 Å². The molecular weight excluding hydrogens is 498 g/mol. The Balaban J connectivity index is 1.67. The lowest BCUT2D eigenvalue weighted by Gasteiger charge is -2.24. The van der Waals surface area contributed by atoms with E-state index in [9.17, 15) is 0 Å². The molecule has 0 aliphatic heterocycles. The Morgan fingerprint density at radius 2 is 1.07 bits per heavy atom. The van der Waals surface area contributed by atoms with E-state index in [1.807, 2.05) is 12.4 Å². The summed E-state index contributed by atoms with van der Waals surface area (Å²) >= 11 is 0. The van der Waals surface area contributed by atoms with E-state index in [0.717, 1.165) is 5.69 Å². The molecule has 0 saturated carbocycles. The smallest absolute Gasteiger partial charge is 0.0630 e. The van der Waals surface area contributed by atoms with Crippen LogP contribution in [0.1, 0.15) is 25.0 Å². The minimum atomic E-state index is -0.199. The number of pyridine rings is 1. The van der Waals surface area contributed by atoms with Gasteiger partial charge in [0.05, 0.1) is 22.1 Å². The monoisotopic (exact) mass is 525 g/mol. The molecule has 3 aromatic heterocycles. The molecule has 0 spiro atoms. The topological polar surface area (TPSA) is 22.8 Å². The normalized spacial score (nSPS) is 13.8. The van der Waals surface area contributed by atoms with Gasteiger partial charge in [-0.15, -0.1) is 0 Å². The van der Waals surface area contributed by atoms with Gasteiger partial charge in [-0.3, -0.25) is 4.98 Å². The van der Waals surface area contributed by atoms with Crippen molar-refractivity contribution >= 4 is 43.6 Å². The average Bonchev–Trinajstić information content (AvgIpc) is 3.62.